The van der Waals surface area contributed by atoms with Crippen LogP contribution in [0.5, 0.6) is 0 Å². The molecule has 0 aliphatic heterocycles. The van der Waals surface area contributed by atoms with Gasteiger partial charge in [0, 0.05) is 6.54 Å². The van der Waals surface area contributed by atoms with Crippen molar-refractivity contribution in [2.24, 2.45) is 0 Å². The average Bonchev–Trinajstić information content (AvgIpc) is 2.50. The van der Waals surface area contributed by atoms with E-state index in [1.807, 2.05) is 30.3 Å². The zero-order valence-electron chi connectivity index (χ0n) is 11.2. The Morgan fingerprint density at radius 3 is 2.86 bits per heavy atom. The molecule has 0 atom stereocenters. The minimum absolute atomic E-state index is 0.129. The van der Waals surface area contributed by atoms with Gasteiger partial charge in [-0.25, -0.2) is 0 Å². The molecule has 2 rings (SSSR count). The number of aromatic nitrogens is 3. The van der Waals surface area contributed by atoms with Crippen molar-refractivity contribution in [3.05, 3.63) is 52.4 Å². The van der Waals surface area contributed by atoms with Gasteiger partial charge in [-0.15, -0.1) is 5.10 Å². The monoisotopic (exact) mass is 305 g/mol. The van der Waals surface area contributed by atoms with Gasteiger partial charge in [0.2, 0.25) is 11.1 Å². The molecular weight excluding hydrogens is 290 g/mol. The van der Waals surface area contributed by atoms with E-state index in [4.69, 9.17) is 5.84 Å². The summed E-state index contributed by atoms with van der Waals surface area (Å²) in [6.07, 6.45) is 1.79. The van der Waals surface area contributed by atoms with Gasteiger partial charge in [-0.2, -0.15) is 9.77 Å². The molecule has 1 aromatic heterocycles. The van der Waals surface area contributed by atoms with Crippen molar-refractivity contribution in [1.82, 2.24) is 20.2 Å². The molecule has 1 amide bonds. The van der Waals surface area contributed by atoms with Crippen LogP contribution in [0.3, 0.4) is 0 Å². The number of nitrogens with one attached hydrogen (secondary N) is 1. The lowest BCUT2D eigenvalue weighted by atomic mass is 10.1. The first-order valence-corrected chi connectivity index (χ1v) is 7.28. The molecule has 8 heteroatoms. The molecule has 1 heterocycles. The van der Waals surface area contributed by atoms with E-state index in [1.165, 1.54) is 0 Å². The number of hydrogen-bond donors (Lipinski definition) is 2. The molecule has 21 heavy (non-hydrogen) atoms. The van der Waals surface area contributed by atoms with Crippen molar-refractivity contribution in [3.8, 4) is 0 Å². The topological polar surface area (TPSA) is 103 Å². The Hall–Kier alpha value is -2.35. The molecule has 0 radical (unpaired) electrons. The van der Waals surface area contributed by atoms with E-state index in [2.05, 4.69) is 15.5 Å². The number of nitrogen functional groups attached to an aromatic ring is 1. The van der Waals surface area contributed by atoms with Crippen LogP contribution in [-0.2, 0) is 11.2 Å². The fourth-order valence-electron chi connectivity index (χ4n) is 1.60. The van der Waals surface area contributed by atoms with Gasteiger partial charge in [-0.3, -0.25) is 9.59 Å². The standard InChI is InChI=1S/C13H15N5O2S/c14-18-12(20)8-16-17-13(18)21-9-11(19)15-7-6-10-4-2-1-3-5-10/h1-5,8H,6-7,9,14H2,(H,15,19). The van der Waals surface area contributed by atoms with E-state index >= 15 is 0 Å². The number of carbonyl (C=O) groups is 1. The summed E-state index contributed by atoms with van der Waals surface area (Å²) in [6.45, 7) is 0.555. The van der Waals surface area contributed by atoms with Gasteiger partial charge in [0.1, 0.15) is 6.20 Å². The molecule has 0 saturated heterocycles. The molecule has 7 nitrogen and oxygen atoms in total. The Morgan fingerprint density at radius 2 is 2.10 bits per heavy atom. The minimum Gasteiger partial charge on any atom is -0.355 e. The Kier molecular flexibility index (Phi) is 5.33. The van der Waals surface area contributed by atoms with E-state index in [0.717, 1.165) is 34.6 Å². The summed E-state index contributed by atoms with van der Waals surface area (Å²) in [5.41, 5.74) is 0.701. The first kappa shape index (κ1) is 15.0. The van der Waals surface area contributed by atoms with E-state index in [1.54, 1.807) is 0 Å². The quantitative estimate of drug-likeness (QED) is 0.566. The van der Waals surface area contributed by atoms with Crippen molar-refractivity contribution in [1.29, 1.82) is 0 Å². The van der Waals surface area contributed by atoms with E-state index in [0.29, 0.717) is 6.54 Å². The molecule has 0 unspecified atom stereocenters. The van der Waals surface area contributed by atoms with E-state index in [9.17, 15) is 9.59 Å². The largest absolute Gasteiger partial charge is 0.355 e. The van der Waals surface area contributed by atoms with Gasteiger partial charge in [-0.1, -0.05) is 42.1 Å². The fraction of sp³-hybridized carbons (Fsp3) is 0.231. The second-order valence-electron chi connectivity index (χ2n) is 4.21. The molecule has 0 spiro atoms. The van der Waals surface area contributed by atoms with Crippen LogP contribution >= 0.6 is 11.8 Å². The first-order chi connectivity index (χ1) is 10.2. The number of rotatable bonds is 6. The Balaban J connectivity index is 1.75. The normalized spacial score (nSPS) is 10.3. The van der Waals surface area contributed by atoms with Gasteiger partial charge in [0.25, 0.3) is 5.56 Å². The summed E-state index contributed by atoms with van der Waals surface area (Å²) in [5.74, 6) is 5.48. The van der Waals surface area contributed by atoms with Crippen LogP contribution in [0.2, 0.25) is 0 Å². The number of thioether (sulfide) groups is 1. The summed E-state index contributed by atoms with van der Waals surface area (Å²) in [5, 5.41) is 10.2. The number of amides is 1. The predicted molar refractivity (Wildman–Crippen MR) is 80.3 cm³/mol. The Morgan fingerprint density at radius 1 is 1.33 bits per heavy atom. The van der Waals surface area contributed by atoms with Gasteiger partial charge in [-0.05, 0) is 12.0 Å². The fourth-order valence-corrected chi connectivity index (χ4v) is 2.30. The number of hydrogen-bond acceptors (Lipinski definition) is 6. The summed E-state index contributed by atoms with van der Waals surface area (Å²) in [4.78, 5) is 22.9. The summed E-state index contributed by atoms with van der Waals surface area (Å²) in [6, 6.07) is 9.89. The third-order valence-electron chi connectivity index (χ3n) is 2.67. The van der Waals surface area contributed by atoms with Gasteiger partial charge in [0.05, 0.1) is 5.75 Å². The lowest BCUT2D eigenvalue weighted by Gasteiger charge is -2.06. The van der Waals surface area contributed by atoms with Crippen LogP contribution in [0.15, 0.2) is 46.5 Å². The van der Waals surface area contributed by atoms with Crippen molar-refractivity contribution in [3.63, 3.8) is 0 Å². The van der Waals surface area contributed by atoms with Gasteiger partial charge < -0.3 is 11.2 Å². The van der Waals surface area contributed by atoms with Crippen LogP contribution in [-0.4, -0.2) is 33.1 Å². The third kappa shape index (κ3) is 4.60. The Labute approximate surface area is 125 Å². The van der Waals surface area contributed by atoms with Crippen LogP contribution < -0.4 is 16.7 Å². The molecule has 1 aromatic carbocycles. The van der Waals surface area contributed by atoms with Crippen LogP contribution in [0.4, 0.5) is 0 Å². The van der Waals surface area contributed by atoms with Gasteiger partial charge >= 0.3 is 0 Å². The molecular formula is C13H15N5O2S. The second-order valence-corrected chi connectivity index (χ2v) is 5.15. The lowest BCUT2D eigenvalue weighted by molar-refractivity contribution is -0.118. The molecule has 2 aromatic rings. The van der Waals surface area contributed by atoms with Crippen molar-refractivity contribution in [2.75, 3.05) is 18.1 Å². The van der Waals surface area contributed by atoms with Crippen LogP contribution in [0.1, 0.15) is 5.56 Å². The molecule has 110 valence electrons. The highest BCUT2D eigenvalue weighted by Gasteiger charge is 2.07. The zero-order valence-corrected chi connectivity index (χ0v) is 12.0. The smallest absolute Gasteiger partial charge is 0.291 e. The summed E-state index contributed by atoms with van der Waals surface area (Å²) >= 11 is 1.07. The first-order valence-electron chi connectivity index (χ1n) is 6.30. The number of nitrogens with two attached hydrogens (primary N) is 1. The molecule has 0 fully saturated rings. The molecule has 0 saturated carbocycles. The van der Waals surface area contributed by atoms with E-state index < -0.39 is 5.56 Å². The van der Waals surface area contributed by atoms with Crippen LogP contribution in [0.25, 0.3) is 0 Å². The minimum atomic E-state index is -0.461. The number of nitrogens with zero attached hydrogens (tertiary/aromatic N) is 3. The highest BCUT2D eigenvalue weighted by molar-refractivity contribution is 7.99. The van der Waals surface area contributed by atoms with Crippen LogP contribution in [0, 0.1) is 0 Å². The molecule has 0 aliphatic rings. The zero-order chi connectivity index (χ0) is 15.1. The molecule has 0 bridgehead atoms. The third-order valence-corrected chi connectivity index (χ3v) is 3.61. The van der Waals surface area contributed by atoms with Crippen molar-refractivity contribution in [2.45, 2.75) is 11.6 Å². The number of benzene rings is 1. The summed E-state index contributed by atoms with van der Waals surface area (Å²) < 4.78 is 0.870. The molecule has 3 N–H and O–H groups in total. The second kappa shape index (κ2) is 7.44. The average molecular weight is 305 g/mol. The maximum atomic E-state index is 11.7. The predicted octanol–water partition coefficient (Wildman–Crippen LogP) is -0.197. The number of carbonyl (C=O) groups excluding carboxylic acids is 1. The highest BCUT2D eigenvalue weighted by Crippen LogP contribution is 2.09. The van der Waals surface area contributed by atoms with Crippen molar-refractivity contribution >= 4 is 17.7 Å². The van der Waals surface area contributed by atoms with Gasteiger partial charge in [0.15, 0.2) is 0 Å². The lowest BCUT2D eigenvalue weighted by Crippen LogP contribution is -2.31. The summed E-state index contributed by atoms with van der Waals surface area (Å²) in [7, 11) is 0. The van der Waals surface area contributed by atoms with E-state index in [-0.39, 0.29) is 16.8 Å². The maximum Gasteiger partial charge on any atom is 0.291 e. The Bertz CT molecular complexity index is 659. The highest BCUT2D eigenvalue weighted by atomic mass is 32.2. The molecule has 0 aliphatic carbocycles. The van der Waals surface area contributed by atoms with Crippen molar-refractivity contribution < 1.29 is 4.79 Å². The SMILES string of the molecule is Nn1c(SCC(=O)NCCc2ccccc2)nncc1=O. The maximum absolute atomic E-state index is 11.7.